The molecule has 1 atom stereocenters. The fourth-order valence-corrected chi connectivity index (χ4v) is 2.87. The number of fused-ring (bicyclic) bond motifs is 1. The van der Waals surface area contributed by atoms with Gasteiger partial charge < -0.3 is 9.73 Å². The van der Waals surface area contributed by atoms with E-state index in [1.54, 1.807) is 6.07 Å². The quantitative estimate of drug-likeness (QED) is 0.646. The van der Waals surface area contributed by atoms with Gasteiger partial charge in [-0.1, -0.05) is 18.2 Å². The van der Waals surface area contributed by atoms with Crippen molar-refractivity contribution in [1.82, 2.24) is 0 Å². The van der Waals surface area contributed by atoms with E-state index >= 15 is 0 Å². The number of halogens is 2. The van der Waals surface area contributed by atoms with Crippen LogP contribution in [0.1, 0.15) is 24.3 Å². The van der Waals surface area contributed by atoms with Gasteiger partial charge in [0, 0.05) is 15.4 Å². The van der Waals surface area contributed by atoms with Crippen molar-refractivity contribution >= 4 is 32.6 Å². The summed E-state index contributed by atoms with van der Waals surface area (Å²) in [5.74, 6) is 0.599. The summed E-state index contributed by atoms with van der Waals surface area (Å²) in [4.78, 5) is 0. The van der Waals surface area contributed by atoms with Crippen LogP contribution in [0, 0.1) is 12.7 Å². The van der Waals surface area contributed by atoms with E-state index in [9.17, 15) is 4.39 Å². The first-order valence-corrected chi connectivity index (χ1v) is 7.55. The summed E-state index contributed by atoms with van der Waals surface area (Å²) < 4.78 is 20.1. The van der Waals surface area contributed by atoms with E-state index < -0.39 is 0 Å². The van der Waals surface area contributed by atoms with Crippen LogP contribution in [0.2, 0.25) is 0 Å². The smallest absolute Gasteiger partial charge is 0.134 e. The molecule has 0 spiro atoms. The Morgan fingerprint density at radius 2 is 1.95 bits per heavy atom. The van der Waals surface area contributed by atoms with E-state index in [0.29, 0.717) is 5.69 Å². The fourth-order valence-electron chi connectivity index (χ4n) is 2.51. The minimum atomic E-state index is -0.269. The molecule has 0 saturated carbocycles. The summed E-state index contributed by atoms with van der Waals surface area (Å²) in [5.41, 5.74) is 2.69. The van der Waals surface area contributed by atoms with Gasteiger partial charge >= 0.3 is 0 Å². The third-order valence-corrected chi connectivity index (χ3v) is 4.27. The van der Waals surface area contributed by atoms with Gasteiger partial charge in [0.05, 0.1) is 11.7 Å². The van der Waals surface area contributed by atoms with E-state index in [2.05, 4.69) is 21.2 Å². The average molecular weight is 348 g/mol. The molecular formula is C17H15BrFNO. The maximum Gasteiger partial charge on any atom is 0.134 e. The summed E-state index contributed by atoms with van der Waals surface area (Å²) in [6, 6.07) is 12.5. The molecule has 4 heteroatoms. The largest absolute Gasteiger partial charge is 0.459 e. The van der Waals surface area contributed by atoms with Gasteiger partial charge in [0.1, 0.15) is 17.2 Å². The maximum atomic E-state index is 13.4. The van der Waals surface area contributed by atoms with Gasteiger partial charge in [0.15, 0.2) is 0 Å². The normalized spacial score (nSPS) is 12.6. The standard InChI is InChI=1S/C17H15BrFNO/c1-10-13-5-3-4-6-16(13)21-17(10)11(2)20-15-9-12(19)7-8-14(15)18/h3-9,11,20H,1-2H3. The van der Waals surface area contributed by atoms with Crippen LogP contribution in [0.15, 0.2) is 51.4 Å². The molecule has 0 saturated heterocycles. The third-order valence-electron chi connectivity index (χ3n) is 3.57. The molecule has 1 aromatic heterocycles. The highest BCUT2D eigenvalue weighted by Crippen LogP contribution is 2.32. The molecule has 2 aromatic carbocycles. The third kappa shape index (κ3) is 2.68. The van der Waals surface area contributed by atoms with Crippen LogP contribution >= 0.6 is 15.9 Å². The molecule has 1 N–H and O–H groups in total. The summed E-state index contributed by atoms with van der Waals surface area (Å²) in [5, 5.41) is 4.40. The molecule has 0 aliphatic rings. The number of hydrogen-bond acceptors (Lipinski definition) is 2. The van der Waals surface area contributed by atoms with Gasteiger partial charge in [0.25, 0.3) is 0 Å². The maximum absolute atomic E-state index is 13.4. The van der Waals surface area contributed by atoms with E-state index in [4.69, 9.17) is 4.42 Å². The van der Waals surface area contributed by atoms with Gasteiger partial charge in [-0.25, -0.2) is 4.39 Å². The minimum absolute atomic E-state index is 0.0597. The predicted molar refractivity (Wildman–Crippen MR) is 87.1 cm³/mol. The highest BCUT2D eigenvalue weighted by molar-refractivity contribution is 9.10. The summed E-state index contributed by atoms with van der Waals surface area (Å²) >= 11 is 3.42. The molecule has 108 valence electrons. The summed E-state index contributed by atoms with van der Waals surface area (Å²) in [6.07, 6.45) is 0. The zero-order valence-electron chi connectivity index (χ0n) is 11.8. The first kappa shape index (κ1) is 14.1. The van der Waals surface area contributed by atoms with Crippen molar-refractivity contribution in [3.05, 3.63) is 64.1 Å². The topological polar surface area (TPSA) is 25.2 Å². The van der Waals surface area contributed by atoms with Crippen molar-refractivity contribution in [3.63, 3.8) is 0 Å². The molecule has 1 unspecified atom stereocenters. The Morgan fingerprint density at radius 3 is 2.71 bits per heavy atom. The van der Waals surface area contributed by atoms with Crippen LogP contribution in [-0.4, -0.2) is 0 Å². The highest BCUT2D eigenvalue weighted by Gasteiger charge is 2.17. The van der Waals surface area contributed by atoms with Crippen molar-refractivity contribution in [1.29, 1.82) is 0 Å². The zero-order chi connectivity index (χ0) is 15.0. The second-order valence-corrected chi connectivity index (χ2v) is 5.93. The minimum Gasteiger partial charge on any atom is -0.459 e. The first-order chi connectivity index (χ1) is 10.1. The van der Waals surface area contributed by atoms with Crippen LogP contribution in [0.4, 0.5) is 10.1 Å². The Hall–Kier alpha value is -1.81. The Morgan fingerprint density at radius 1 is 1.19 bits per heavy atom. The number of benzene rings is 2. The number of rotatable bonds is 3. The molecule has 0 fully saturated rings. The van der Waals surface area contributed by atoms with Gasteiger partial charge in [-0.2, -0.15) is 0 Å². The van der Waals surface area contributed by atoms with E-state index in [1.165, 1.54) is 12.1 Å². The van der Waals surface area contributed by atoms with Crippen LogP contribution in [0.5, 0.6) is 0 Å². The zero-order valence-corrected chi connectivity index (χ0v) is 13.4. The number of nitrogens with one attached hydrogen (secondary N) is 1. The predicted octanol–water partition coefficient (Wildman–Crippen LogP) is 5.82. The summed E-state index contributed by atoms with van der Waals surface area (Å²) in [7, 11) is 0. The average Bonchev–Trinajstić information content (AvgIpc) is 2.81. The van der Waals surface area contributed by atoms with Crippen LogP contribution < -0.4 is 5.32 Å². The molecule has 21 heavy (non-hydrogen) atoms. The van der Waals surface area contributed by atoms with Crippen molar-refractivity contribution < 1.29 is 8.81 Å². The van der Waals surface area contributed by atoms with Crippen LogP contribution in [-0.2, 0) is 0 Å². The Kier molecular flexibility index (Phi) is 3.72. The number of anilines is 1. The van der Waals surface area contributed by atoms with Crippen molar-refractivity contribution in [2.75, 3.05) is 5.32 Å². The molecule has 2 nitrogen and oxygen atoms in total. The molecule has 0 amide bonds. The number of para-hydroxylation sites is 1. The molecule has 3 rings (SSSR count). The van der Waals surface area contributed by atoms with Gasteiger partial charge in [-0.3, -0.25) is 0 Å². The van der Waals surface area contributed by atoms with E-state index in [0.717, 1.165) is 26.8 Å². The molecule has 1 heterocycles. The molecule has 3 aromatic rings. The molecule has 0 bridgehead atoms. The monoisotopic (exact) mass is 347 g/mol. The van der Waals surface area contributed by atoms with Gasteiger partial charge in [-0.15, -0.1) is 0 Å². The second-order valence-electron chi connectivity index (χ2n) is 5.08. The summed E-state index contributed by atoms with van der Waals surface area (Å²) in [6.45, 7) is 4.04. The van der Waals surface area contributed by atoms with Crippen molar-refractivity contribution in [2.24, 2.45) is 0 Å². The molecule has 0 aliphatic carbocycles. The molecule has 0 aliphatic heterocycles. The van der Waals surface area contributed by atoms with Crippen LogP contribution in [0.3, 0.4) is 0 Å². The second kappa shape index (κ2) is 5.53. The van der Waals surface area contributed by atoms with Gasteiger partial charge in [-0.05, 0) is 54.0 Å². The SMILES string of the molecule is Cc1c(C(C)Nc2cc(F)ccc2Br)oc2ccccc12. The molecule has 0 radical (unpaired) electrons. The molecular weight excluding hydrogens is 333 g/mol. The number of furan rings is 1. The van der Waals surface area contributed by atoms with Crippen LogP contribution in [0.25, 0.3) is 11.0 Å². The highest BCUT2D eigenvalue weighted by atomic mass is 79.9. The van der Waals surface area contributed by atoms with E-state index in [-0.39, 0.29) is 11.9 Å². The Balaban J connectivity index is 1.95. The van der Waals surface area contributed by atoms with Crippen molar-refractivity contribution in [3.8, 4) is 0 Å². The van der Waals surface area contributed by atoms with Gasteiger partial charge in [0.2, 0.25) is 0 Å². The number of aryl methyl sites for hydroxylation is 1. The Bertz CT molecular complexity index is 797. The fraction of sp³-hybridized carbons (Fsp3) is 0.176. The lowest BCUT2D eigenvalue weighted by atomic mass is 10.1. The Labute approximate surface area is 131 Å². The van der Waals surface area contributed by atoms with E-state index in [1.807, 2.05) is 38.1 Å². The lowest BCUT2D eigenvalue weighted by Gasteiger charge is -2.15. The van der Waals surface area contributed by atoms with Crippen molar-refractivity contribution in [2.45, 2.75) is 19.9 Å². The lowest BCUT2D eigenvalue weighted by Crippen LogP contribution is -2.07. The number of hydrogen-bond donors (Lipinski definition) is 1. The first-order valence-electron chi connectivity index (χ1n) is 6.76. The lowest BCUT2D eigenvalue weighted by molar-refractivity contribution is 0.522.